The average Bonchev–Trinajstić information content (AvgIpc) is 2.66. The molecule has 1 aliphatic heterocycles. The Balaban J connectivity index is 2.09. The zero-order valence-electron chi connectivity index (χ0n) is 9.66. The monoisotopic (exact) mass is 303 g/mol. The summed E-state index contributed by atoms with van der Waals surface area (Å²) < 4.78 is 1.20. The number of halogens is 1. The molecule has 0 amide bonds. The van der Waals surface area contributed by atoms with Gasteiger partial charge in [0.05, 0.1) is 9.83 Å². The number of likely N-dealkylation sites (N-methyl/N-ethyl adjacent to an activating group) is 2. The van der Waals surface area contributed by atoms with Crippen LogP contribution in [0.4, 0.5) is 0 Å². The fraction of sp³-hybridized carbons (Fsp3) is 0.636. The highest BCUT2D eigenvalue weighted by atomic mass is 79.9. The lowest BCUT2D eigenvalue weighted by Gasteiger charge is -2.35. The standard InChI is InChI=1S/C11H18BrN3S/c1-13-11(9-3-4-10(12)16-9)8-7-15(2)6-5-14-8/h3-4,8,11,13-14H,5-7H2,1-2H3. The van der Waals surface area contributed by atoms with E-state index in [1.54, 1.807) is 0 Å². The highest BCUT2D eigenvalue weighted by Gasteiger charge is 2.26. The molecule has 2 unspecified atom stereocenters. The van der Waals surface area contributed by atoms with Gasteiger partial charge in [-0.25, -0.2) is 0 Å². The molecule has 0 bridgehead atoms. The largest absolute Gasteiger partial charge is 0.311 e. The summed E-state index contributed by atoms with van der Waals surface area (Å²) in [6, 6.07) is 5.22. The topological polar surface area (TPSA) is 27.3 Å². The molecule has 16 heavy (non-hydrogen) atoms. The molecule has 1 aliphatic rings. The maximum Gasteiger partial charge on any atom is 0.0702 e. The highest BCUT2D eigenvalue weighted by molar-refractivity contribution is 9.11. The number of rotatable bonds is 3. The molecule has 0 radical (unpaired) electrons. The molecule has 2 rings (SSSR count). The van der Waals surface area contributed by atoms with Crippen molar-refractivity contribution in [2.45, 2.75) is 12.1 Å². The number of hydrogen-bond donors (Lipinski definition) is 2. The first-order valence-corrected chi connectivity index (χ1v) is 7.16. The van der Waals surface area contributed by atoms with Crippen LogP contribution < -0.4 is 10.6 Å². The van der Waals surface area contributed by atoms with Gasteiger partial charge in [-0.3, -0.25) is 0 Å². The smallest absolute Gasteiger partial charge is 0.0702 e. The van der Waals surface area contributed by atoms with Gasteiger partial charge in [0.2, 0.25) is 0 Å². The van der Waals surface area contributed by atoms with Gasteiger partial charge in [-0.15, -0.1) is 11.3 Å². The second kappa shape index (κ2) is 5.60. The molecule has 0 aliphatic carbocycles. The van der Waals surface area contributed by atoms with E-state index in [0.717, 1.165) is 19.6 Å². The third-order valence-corrected chi connectivity index (χ3v) is 4.73. The van der Waals surface area contributed by atoms with Crippen molar-refractivity contribution in [2.24, 2.45) is 0 Å². The zero-order valence-corrected chi connectivity index (χ0v) is 12.1. The fourth-order valence-corrected chi connectivity index (χ4v) is 3.79. The van der Waals surface area contributed by atoms with Gasteiger partial charge < -0.3 is 15.5 Å². The van der Waals surface area contributed by atoms with Crippen LogP contribution in [0.3, 0.4) is 0 Å². The fourth-order valence-electron chi connectivity index (χ4n) is 2.19. The summed E-state index contributed by atoms with van der Waals surface area (Å²) in [6.07, 6.45) is 0. The minimum atomic E-state index is 0.402. The van der Waals surface area contributed by atoms with Crippen LogP contribution in [0, 0.1) is 0 Å². The molecule has 2 atom stereocenters. The van der Waals surface area contributed by atoms with Crippen molar-refractivity contribution in [3.63, 3.8) is 0 Å². The Morgan fingerprint density at radius 2 is 2.44 bits per heavy atom. The molecule has 0 spiro atoms. The molecule has 1 fully saturated rings. The van der Waals surface area contributed by atoms with Crippen molar-refractivity contribution >= 4 is 27.3 Å². The predicted octanol–water partition coefficient (Wildman–Crippen LogP) is 1.67. The van der Waals surface area contributed by atoms with Gasteiger partial charge in [-0.1, -0.05) is 0 Å². The minimum absolute atomic E-state index is 0.402. The highest BCUT2D eigenvalue weighted by Crippen LogP contribution is 2.29. The first kappa shape index (κ1) is 12.5. The van der Waals surface area contributed by atoms with Crippen molar-refractivity contribution < 1.29 is 0 Å². The van der Waals surface area contributed by atoms with Crippen molar-refractivity contribution in [3.05, 3.63) is 20.8 Å². The van der Waals surface area contributed by atoms with Crippen LogP contribution in [0.15, 0.2) is 15.9 Å². The van der Waals surface area contributed by atoms with E-state index in [9.17, 15) is 0 Å². The SMILES string of the molecule is CNC(c1ccc(Br)s1)C1CN(C)CCN1. The normalized spacial score (nSPS) is 24.6. The number of hydrogen-bond acceptors (Lipinski definition) is 4. The van der Waals surface area contributed by atoms with Gasteiger partial charge in [-0.2, -0.15) is 0 Å². The summed E-state index contributed by atoms with van der Waals surface area (Å²) in [7, 11) is 4.22. The number of piperazine rings is 1. The lowest BCUT2D eigenvalue weighted by molar-refractivity contribution is 0.211. The Kier molecular flexibility index (Phi) is 4.38. The summed E-state index contributed by atoms with van der Waals surface area (Å²) >= 11 is 5.34. The van der Waals surface area contributed by atoms with Crippen molar-refractivity contribution in [1.29, 1.82) is 0 Å². The molecular formula is C11H18BrN3S. The predicted molar refractivity (Wildman–Crippen MR) is 73.1 cm³/mol. The molecule has 1 aromatic rings. The zero-order chi connectivity index (χ0) is 11.5. The molecule has 0 aromatic carbocycles. The summed E-state index contributed by atoms with van der Waals surface area (Å²) in [5.41, 5.74) is 0. The first-order valence-electron chi connectivity index (χ1n) is 5.55. The molecule has 3 nitrogen and oxygen atoms in total. The molecule has 90 valence electrons. The van der Waals surface area contributed by atoms with E-state index in [-0.39, 0.29) is 0 Å². The molecule has 1 aromatic heterocycles. The minimum Gasteiger partial charge on any atom is -0.311 e. The van der Waals surface area contributed by atoms with Crippen molar-refractivity contribution in [3.8, 4) is 0 Å². The van der Waals surface area contributed by atoms with E-state index >= 15 is 0 Å². The molecule has 2 heterocycles. The molecule has 5 heteroatoms. The maximum absolute atomic E-state index is 3.60. The number of thiophene rings is 1. The van der Waals surface area contributed by atoms with E-state index in [0.29, 0.717) is 12.1 Å². The van der Waals surface area contributed by atoms with Gasteiger partial charge in [0.1, 0.15) is 0 Å². The van der Waals surface area contributed by atoms with Crippen LogP contribution in [-0.4, -0.2) is 44.7 Å². The Morgan fingerprint density at radius 3 is 3.00 bits per heavy atom. The lowest BCUT2D eigenvalue weighted by atomic mass is 10.0. The summed E-state index contributed by atoms with van der Waals surface area (Å²) in [5, 5.41) is 7.02. The van der Waals surface area contributed by atoms with Crippen LogP contribution in [0.25, 0.3) is 0 Å². The first-order chi connectivity index (χ1) is 7.70. The molecule has 0 saturated carbocycles. The van der Waals surface area contributed by atoms with E-state index < -0.39 is 0 Å². The van der Waals surface area contributed by atoms with Crippen LogP contribution in [0.1, 0.15) is 10.9 Å². The van der Waals surface area contributed by atoms with E-state index in [1.165, 1.54) is 8.66 Å². The van der Waals surface area contributed by atoms with E-state index in [1.807, 2.05) is 18.4 Å². The second-order valence-corrected chi connectivity index (χ2v) is 6.73. The van der Waals surface area contributed by atoms with Crippen molar-refractivity contribution in [2.75, 3.05) is 33.7 Å². The Bertz CT molecular complexity index is 342. The van der Waals surface area contributed by atoms with Crippen LogP contribution >= 0.6 is 27.3 Å². The average molecular weight is 304 g/mol. The summed E-state index contributed by atoms with van der Waals surface area (Å²) in [5.74, 6) is 0. The van der Waals surface area contributed by atoms with Gasteiger partial charge in [-0.05, 0) is 42.2 Å². The molecule has 1 saturated heterocycles. The van der Waals surface area contributed by atoms with E-state index in [2.05, 4.69) is 50.6 Å². The molecular weight excluding hydrogens is 286 g/mol. The third-order valence-electron chi connectivity index (χ3n) is 3.02. The number of nitrogens with one attached hydrogen (secondary N) is 2. The third kappa shape index (κ3) is 2.84. The Hall–Kier alpha value is 0.0600. The van der Waals surface area contributed by atoms with Crippen LogP contribution in [0.5, 0.6) is 0 Å². The number of nitrogens with zero attached hydrogens (tertiary/aromatic N) is 1. The van der Waals surface area contributed by atoms with Crippen LogP contribution in [0.2, 0.25) is 0 Å². The maximum atomic E-state index is 3.60. The van der Waals surface area contributed by atoms with E-state index in [4.69, 9.17) is 0 Å². The summed E-state index contributed by atoms with van der Waals surface area (Å²) in [4.78, 5) is 3.77. The summed E-state index contributed by atoms with van der Waals surface area (Å²) in [6.45, 7) is 3.31. The Labute approximate surface area is 109 Å². The van der Waals surface area contributed by atoms with Gasteiger partial charge >= 0.3 is 0 Å². The van der Waals surface area contributed by atoms with Crippen LogP contribution in [-0.2, 0) is 0 Å². The second-order valence-electron chi connectivity index (χ2n) is 4.23. The van der Waals surface area contributed by atoms with Crippen molar-refractivity contribution in [1.82, 2.24) is 15.5 Å². The van der Waals surface area contributed by atoms with Gasteiger partial charge in [0.25, 0.3) is 0 Å². The quantitative estimate of drug-likeness (QED) is 0.889. The molecule has 2 N–H and O–H groups in total. The lowest BCUT2D eigenvalue weighted by Crippen LogP contribution is -2.53. The Morgan fingerprint density at radius 1 is 1.62 bits per heavy atom. The van der Waals surface area contributed by atoms with Gasteiger partial charge in [0.15, 0.2) is 0 Å². The van der Waals surface area contributed by atoms with Gasteiger partial charge in [0, 0.05) is 30.6 Å².